The second kappa shape index (κ2) is 8.35. The summed E-state index contributed by atoms with van der Waals surface area (Å²) in [6.45, 7) is 0. The number of nitro benzene ring substituents is 1. The van der Waals surface area contributed by atoms with E-state index in [-0.39, 0.29) is 11.7 Å². The zero-order valence-corrected chi connectivity index (χ0v) is 16.1. The van der Waals surface area contributed by atoms with Gasteiger partial charge in [-0.15, -0.1) is 0 Å². The Hall–Kier alpha value is -2.36. The Kier molecular flexibility index (Phi) is 5.92. The molecule has 0 saturated heterocycles. The number of rotatable bonds is 6. The minimum atomic E-state index is -0.424. The first kappa shape index (κ1) is 18.4. The van der Waals surface area contributed by atoms with Crippen molar-refractivity contribution in [3.8, 4) is 11.8 Å². The van der Waals surface area contributed by atoms with Crippen LogP contribution < -0.4 is 9.46 Å². The molecule has 0 bridgehead atoms. The summed E-state index contributed by atoms with van der Waals surface area (Å²) in [6, 6.07) is 11.7. The van der Waals surface area contributed by atoms with Gasteiger partial charge in [0.2, 0.25) is 0 Å². The number of nitro groups is 1. The summed E-state index contributed by atoms with van der Waals surface area (Å²) in [7, 11) is 0. The average molecular weight is 454 g/mol. The number of benzene rings is 2. The van der Waals surface area contributed by atoms with E-state index in [2.05, 4.69) is 30.6 Å². The molecule has 0 atom stereocenters. The first-order chi connectivity index (χ1) is 12.5. The largest absolute Gasteiger partial charge is 0.423 e. The lowest BCUT2D eigenvalue weighted by molar-refractivity contribution is -0.387. The third kappa shape index (κ3) is 4.63. The molecule has 0 saturated carbocycles. The summed E-state index contributed by atoms with van der Waals surface area (Å²) in [4.78, 5) is 19.1. The number of anilines is 1. The molecule has 0 unspecified atom stereocenters. The van der Waals surface area contributed by atoms with Crippen molar-refractivity contribution >= 4 is 50.9 Å². The van der Waals surface area contributed by atoms with Crippen LogP contribution in [0.4, 0.5) is 11.4 Å². The molecule has 0 aliphatic carbocycles. The molecule has 0 spiro atoms. The van der Waals surface area contributed by atoms with Gasteiger partial charge in [-0.25, -0.2) is 9.97 Å². The predicted molar refractivity (Wildman–Crippen MR) is 104 cm³/mol. The maximum Gasteiger partial charge on any atom is 0.321 e. The fourth-order valence-corrected chi connectivity index (χ4v) is 3.08. The number of nitrogens with zero attached hydrogens (tertiary/aromatic N) is 3. The Labute approximate surface area is 166 Å². The molecular weight excluding hydrogens is 444 g/mol. The topological polar surface area (TPSA) is 90.2 Å². The van der Waals surface area contributed by atoms with Gasteiger partial charge < -0.3 is 9.46 Å². The minimum absolute atomic E-state index is 0.0310. The average Bonchev–Trinajstić information content (AvgIpc) is 2.64. The quantitative estimate of drug-likeness (QED) is 0.290. The molecule has 7 nitrogen and oxygen atoms in total. The Balaban J connectivity index is 1.70. The summed E-state index contributed by atoms with van der Waals surface area (Å²) in [5, 5.41) is 11.4. The van der Waals surface area contributed by atoms with Gasteiger partial charge in [0.05, 0.1) is 14.4 Å². The van der Waals surface area contributed by atoms with E-state index in [9.17, 15) is 10.1 Å². The molecular formula is C16H10BrClN4O3S. The van der Waals surface area contributed by atoms with E-state index in [1.807, 2.05) is 0 Å². The van der Waals surface area contributed by atoms with Gasteiger partial charge in [0.1, 0.15) is 10.6 Å². The van der Waals surface area contributed by atoms with Crippen molar-refractivity contribution < 1.29 is 9.66 Å². The summed E-state index contributed by atoms with van der Waals surface area (Å²) in [5.74, 6) is 0.398. The first-order valence-electron chi connectivity index (χ1n) is 7.14. The lowest BCUT2D eigenvalue weighted by Gasteiger charge is -2.09. The van der Waals surface area contributed by atoms with E-state index in [0.717, 1.165) is 16.4 Å². The molecule has 0 aliphatic heterocycles. The molecule has 26 heavy (non-hydrogen) atoms. The lowest BCUT2D eigenvalue weighted by Crippen LogP contribution is -1.94. The molecule has 0 radical (unpaired) electrons. The van der Waals surface area contributed by atoms with Gasteiger partial charge in [-0.3, -0.25) is 10.1 Å². The standard InChI is InChI=1S/C16H10BrClN4O3S/c17-10-8-19-16(20-9-10)25-14-6-5-11(7-12(14)18)21-26-15-4-2-1-3-13(15)22(23)24/h1-9,21H. The number of hydrogen-bond donors (Lipinski definition) is 1. The lowest BCUT2D eigenvalue weighted by atomic mass is 10.3. The zero-order chi connectivity index (χ0) is 18.5. The molecule has 10 heteroatoms. The third-order valence-electron chi connectivity index (χ3n) is 3.07. The van der Waals surface area contributed by atoms with Crippen molar-refractivity contribution in [3.63, 3.8) is 0 Å². The highest BCUT2D eigenvalue weighted by Gasteiger charge is 2.13. The van der Waals surface area contributed by atoms with Crippen molar-refractivity contribution in [1.82, 2.24) is 9.97 Å². The molecule has 1 N–H and O–H groups in total. The highest BCUT2D eigenvalue weighted by Crippen LogP contribution is 2.34. The van der Waals surface area contributed by atoms with Gasteiger partial charge in [0, 0.05) is 24.1 Å². The van der Waals surface area contributed by atoms with E-state index in [0.29, 0.717) is 21.4 Å². The summed E-state index contributed by atoms with van der Waals surface area (Å²) in [5.41, 5.74) is 0.700. The Morgan fingerprint density at radius 2 is 1.92 bits per heavy atom. The highest BCUT2D eigenvalue weighted by molar-refractivity contribution is 9.10. The third-order valence-corrected chi connectivity index (χ3v) is 4.68. The second-order valence-corrected chi connectivity index (χ2v) is 7.03. The van der Waals surface area contributed by atoms with E-state index in [1.165, 1.54) is 6.07 Å². The van der Waals surface area contributed by atoms with Crippen LogP contribution in [0.1, 0.15) is 0 Å². The molecule has 0 amide bonds. The van der Waals surface area contributed by atoms with Gasteiger partial charge in [-0.05, 0) is 52.1 Å². The van der Waals surface area contributed by atoms with Crippen molar-refractivity contribution in [3.05, 3.63) is 74.5 Å². The number of hydrogen-bond acceptors (Lipinski definition) is 7. The molecule has 3 rings (SSSR count). The second-order valence-electron chi connectivity index (χ2n) is 4.86. The van der Waals surface area contributed by atoms with Crippen LogP contribution in [0.3, 0.4) is 0 Å². The maximum absolute atomic E-state index is 11.0. The minimum Gasteiger partial charge on any atom is -0.423 e. The predicted octanol–water partition coefficient (Wildman–Crippen LogP) is 5.71. The molecule has 132 valence electrons. The van der Waals surface area contributed by atoms with Gasteiger partial charge in [-0.1, -0.05) is 23.7 Å². The van der Waals surface area contributed by atoms with Crippen LogP contribution in [0.2, 0.25) is 5.02 Å². The Morgan fingerprint density at radius 1 is 1.19 bits per heavy atom. The Morgan fingerprint density at radius 3 is 2.62 bits per heavy atom. The van der Waals surface area contributed by atoms with E-state index < -0.39 is 4.92 Å². The van der Waals surface area contributed by atoms with E-state index >= 15 is 0 Å². The van der Waals surface area contributed by atoms with Gasteiger partial charge >= 0.3 is 6.01 Å². The van der Waals surface area contributed by atoms with E-state index in [1.54, 1.807) is 48.8 Å². The molecule has 0 aliphatic rings. The fourth-order valence-electron chi connectivity index (χ4n) is 1.91. The normalized spacial score (nSPS) is 10.4. The monoisotopic (exact) mass is 452 g/mol. The molecule has 2 aromatic carbocycles. The fraction of sp³-hybridized carbons (Fsp3) is 0. The number of ether oxygens (including phenoxy) is 1. The van der Waals surface area contributed by atoms with Gasteiger partial charge in [0.25, 0.3) is 5.69 Å². The van der Waals surface area contributed by atoms with Crippen molar-refractivity contribution in [1.29, 1.82) is 0 Å². The van der Waals surface area contributed by atoms with Crippen LogP contribution in [0.15, 0.2) is 64.2 Å². The summed E-state index contributed by atoms with van der Waals surface area (Å²) >= 11 is 10.6. The van der Waals surface area contributed by atoms with Crippen LogP contribution in [0.25, 0.3) is 0 Å². The van der Waals surface area contributed by atoms with Crippen molar-refractivity contribution in [2.75, 3.05) is 4.72 Å². The number of nitrogens with one attached hydrogen (secondary N) is 1. The van der Waals surface area contributed by atoms with Crippen LogP contribution in [-0.4, -0.2) is 14.9 Å². The van der Waals surface area contributed by atoms with E-state index in [4.69, 9.17) is 16.3 Å². The Bertz CT molecular complexity index is 943. The van der Waals surface area contributed by atoms with Gasteiger partial charge in [-0.2, -0.15) is 0 Å². The molecule has 3 aromatic rings. The van der Waals surface area contributed by atoms with Gasteiger partial charge in [0.15, 0.2) is 0 Å². The smallest absolute Gasteiger partial charge is 0.321 e. The molecule has 0 fully saturated rings. The van der Waals surface area contributed by atoms with Crippen molar-refractivity contribution in [2.45, 2.75) is 4.90 Å². The van der Waals surface area contributed by atoms with Crippen LogP contribution >= 0.6 is 39.5 Å². The number of halogens is 2. The number of aromatic nitrogens is 2. The summed E-state index contributed by atoms with van der Waals surface area (Å²) in [6.07, 6.45) is 3.13. The van der Waals surface area contributed by atoms with Crippen LogP contribution in [0.5, 0.6) is 11.8 Å². The first-order valence-corrected chi connectivity index (χ1v) is 9.13. The number of para-hydroxylation sites is 1. The summed E-state index contributed by atoms with van der Waals surface area (Å²) < 4.78 is 9.30. The molecule has 1 heterocycles. The highest BCUT2D eigenvalue weighted by atomic mass is 79.9. The van der Waals surface area contributed by atoms with Crippen molar-refractivity contribution in [2.24, 2.45) is 0 Å². The van der Waals surface area contributed by atoms with Crippen LogP contribution in [0, 0.1) is 10.1 Å². The zero-order valence-electron chi connectivity index (χ0n) is 12.9. The molecule has 1 aromatic heterocycles. The SMILES string of the molecule is O=[N+]([O-])c1ccccc1SNc1ccc(Oc2ncc(Br)cn2)c(Cl)c1. The maximum atomic E-state index is 11.0. The van der Waals surface area contributed by atoms with Crippen LogP contribution in [-0.2, 0) is 0 Å².